The summed E-state index contributed by atoms with van der Waals surface area (Å²) < 4.78 is 6.38. The second-order valence-corrected chi connectivity index (χ2v) is 16.1. The summed E-state index contributed by atoms with van der Waals surface area (Å²) in [4.78, 5) is 2.35. The van der Waals surface area contributed by atoms with Gasteiger partial charge < -0.3 is 9.32 Å². The van der Waals surface area contributed by atoms with Gasteiger partial charge in [0.1, 0.15) is 11.2 Å². The van der Waals surface area contributed by atoms with Gasteiger partial charge in [0.2, 0.25) is 0 Å². The largest absolute Gasteiger partial charge is 0.456 e. The first-order valence-electron chi connectivity index (χ1n) is 19.4. The van der Waals surface area contributed by atoms with Crippen LogP contribution in [0.3, 0.4) is 0 Å². The summed E-state index contributed by atoms with van der Waals surface area (Å²) in [6.07, 6.45) is 5.68. The summed E-state index contributed by atoms with van der Waals surface area (Å²) in [5.74, 6) is 3.41. The highest BCUT2D eigenvalue weighted by Crippen LogP contribution is 2.73. The molecular weight excluding hydrogens is 643 g/mol. The molecule has 13 rings (SSSR count). The first-order valence-corrected chi connectivity index (χ1v) is 19.4. The Hall–Kier alpha value is -5.86. The van der Waals surface area contributed by atoms with Crippen LogP contribution in [-0.4, -0.2) is 0 Å². The van der Waals surface area contributed by atoms with Crippen molar-refractivity contribution in [2.75, 3.05) is 4.90 Å². The number of hydrogen-bond acceptors (Lipinski definition) is 2. The molecule has 1 heterocycles. The van der Waals surface area contributed by atoms with Gasteiger partial charge in [-0.15, -0.1) is 0 Å². The Morgan fingerprint density at radius 1 is 0.453 bits per heavy atom. The maximum atomic E-state index is 6.38. The monoisotopic (exact) mass is 681 g/mol. The second kappa shape index (κ2) is 11.1. The molecule has 254 valence electrons. The lowest BCUT2D eigenvalue weighted by molar-refractivity contribution is 0.191. The summed E-state index contributed by atoms with van der Waals surface area (Å²) >= 11 is 0. The van der Waals surface area contributed by atoms with Gasteiger partial charge in [-0.1, -0.05) is 109 Å². The van der Waals surface area contributed by atoms with Gasteiger partial charge in [-0.05, 0) is 142 Å². The van der Waals surface area contributed by atoms with E-state index in [1.54, 1.807) is 11.1 Å². The third kappa shape index (κ3) is 4.21. The van der Waals surface area contributed by atoms with Crippen molar-refractivity contribution in [1.29, 1.82) is 0 Å². The summed E-state index contributed by atoms with van der Waals surface area (Å²) in [5.41, 5.74) is 16.5. The van der Waals surface area contributed by atoms with Crippen LogP contribution in [0.4, 0.5) is 17.1 Å². The van der Waals surface area contributed by atoms with E-state index < -0.39 is 0 Å². The van der Waals surface area contributed by atoms with Crippen LogP contribution < -0.4 is 4.90 Å². The first kappa shape index (κ1) is 29.7. The molecule has 0 amide bonds. The van der Waals surface area contributed by atoms with Gasteiger partial charge in [0.15, 0.2) is 0 Å². The predicted octanol–water partition coefficient (Wildman–Crippen LogP) is 13.7. The minimum absolute atomic E-state index is 0.192. The molecule has 5 aliphatic rings. The Kier molecular flexibility index (Phi) is 6.20. The zero-order valence-electron chi connectivity index (χ0n) is 29.6. The number of para-hydroxylation sites is 1. The number of fused-ring (bicyclic) bond motifs is 6. The van der Waals surface area contributed by atoms with E-state index in [0.717, 1.165) is 62.7 Å². The molecule has 5 atom stereocenters. The molecule has 2 heteroatoms. The smallest absolute Gasteiger partial charge is 0.137 e. The summed E-state index contributed by atoms with van der Waals surface area (Å²) in [6, 6.07) is 60.5. The van der Waals surface area contributed by atoms with Crippen LogP contribution in [0.5, 0.6) is 0 Å². The molecule has 0 saturated heterocycles. The standard InChI is InChI=1S/C51H39NO/c1-2-8-33(9-3-1)34-14-19-39(20-15-34)52(41-23-25-45-44-11-5-7-13-49(44)53-50(45)31-41)40-21-16-35(17-22-40)36-18-24-43-42-10-4-6-12-46(42)51(48(43)30-36)38-27-32-26-37(29-38)47(51)28-32/h1-25,30-32,37-38,47H,26-29H2. The van der Waals surface area contributed by atoms with E-state index in [-0.39, 0.29) is 5.41 Å². The molecule has 5 aliphatic carbocycles. The number of rotatable bonds is 5. The van der Waals surface area contributed by atoms with Crippen molar-refractivity contribution < 1.29 is 4.42 Å². The minimum Gasteiger partial charge on any atom is -0.456 e. The van der Waals surface area contributed by atoms with Gasteiger partial charge in [-0.25, -0.2) is 0 Å². The van der Waals surface area contributed by atoms with E-state index in [9.17, 15) is 0 Å². The lowest BCUT2D eigenvalue weighted by Crippen LogP contribution is -2.40. The van der Waals surface area contributed by atoms with Crippen LogP contribution in [-0.2, 0) is 5.41 Å². The Morgan fingerprint density at radius 3 is 1.91 bits per heavy atom. The third-order valence-corrected chi connectivity index (χ3v) is 13.7. The van der Waals surface area contributed by atoms with Gasteiger partial charge in [0.25, 0.3) is 0 Å². The number of anilines is 3. The van der Waals surface area contributed by atoms with E-state index in [4.69, 9.17) is 4.42 Å². The van der Waals surface area contributed by atoms with E-state index in [0.29, 0.717) is 0 Å². The first-order chi connectivity index (χ1) is 26.2. The molecular formula is C51H39NO. The molecule has 0 aliphatic heterocycles. The maximum Gasteiger partial charge on any atom is 0.137 e. The van der Waals surface area contributed by atoms with Crippen molar-refractivity contribution in [1.82, 2.24) is 0 Å². The van der Waals surface area contributed by atoms with E-state index in [1.807, 2.05) is 6.07 Å². The highest BCUT2D eigenvalue weighted by molar-refractivity contribution is 6.06. The molecule has 4 saturated carbocycles. The van der Waals surface area contributed by atoms with Gasteiger partial charge in [-0.3, -0.25) is 0 Å². The molecule has 0 radical (unpaired) electrons. The Labute approximate surface area is 310 Å². The Balaban J connectivity index is 0.955. The molecule has 4 bridgehead atoms. The van der Waals surface area contributed by atoms with Crippen molar-refractivity contribution in [3.63, 3.8) is 0 Å². The lowest BCUT2D eigenvalue weighted by Gasteiger charge is -2.44. The average Bonchev–Trinajstić information content (AvgIpc) is 3.89. The SMILES string of the molecule is c1ccc(-c2ccc(N(c3ccc(-c4ccc5c(c4)C4(c6ccccc6-5)C5CC6CC(C5)C4C6)cc3)c3ccc4c(c3)oc3ccccc34)cc2)cc1. The number of hydrogen-bond donors (Lipinski definition) is 0. The molecule has 1 aromatic heterocycles. The minimum atomic E-state index is 0.192. The molecule has 0 N–H and O–H groups in total. The molecule has 5 unspecified atom stereocenters. The maximum absolute atomic E-state index is 6.38. The van der Waals surface area contributed by atoms with Crippen molar-refractivity contribution in [2.24, 2.45) is 23.7 Å². The highest BCUT2D eigenvalue weighted by Gasteiger charge is 2.65. The van der Waals surface area contributed by atoms with Crippen LogP contribution >= 0.6 is 0 Å². The zero-order valence-corrected chi connectivity index (χ0v) is 29.6. The summed E-state index contributed by atoms with van der Waals surface area (Å²) in [5, 5.41) is 2.29. The summed E-state index contributed by atoms with van der Waals surface area (Å²) in [6.45, 7) is 0. The second-order valence-electron chi connectivity index (χ2n) is 16.1. The predicted molar refractivity (Wildman–Crippen MR) is 218 cm³/mol. The van der Waals surface area contributed by atoms with E-state index in [1.165, 1.54) is 59.1 Å². The highest BCUT2D eigenvalue weighted by atomic mass is 16.3. The zero-order chi connectivity index (χ0) is 34.7. The van der Waals surface area contributed by atoms with Gasteiger partial charge in [0.05, 0.1) is 0 Å². The van der Waals surface area contributed by atoms with Crippen LogP contribution in [0.2, 0.25) is 0 Å². The van der Waals surface area contributed by atoms with E-state index >= 15 is 0 Å². The molecule has 2 nitrogen and oxygen atoms in total. The number of furan rings is 1. The Morgan fingerprint density at radius 2 is 1.09 bits per heavy atom. The van der Waals surface area contributed by atoms with Crippen LogP contribution in [0.1, 0.15) is 36.8 Å². The average molecular weight is 682 g/mol. The lowest BCUT2D eigenvalue weighted by atomic mass is 9.59. The third-order valence-electron chi connectivity index (χ3n) is 13.7. The molecule has 7 aromatic carbocycles. The van der Waals surface area contributed by atoms with Crippen LogP contribution in [0.15, 0.2) is 168 Å². The fourth-order valence-corrected chi connectivity index (χ4v) is 11.7. The quantitative estimate of drug-likeness (QED) is 0.180. The summed E-state index contributed by atoms with van der Waals surface area (Å²) in [7, 11) is 0. The van der Waals surface area contributed by atoms with Crippen molar-refractivity contribution >= 4 is 39.0 Å². The van der Waals surface area contributed by atoms with Gasteiger partial charge in [0, 0.05) is 39.3 Å². The fourth-order valence-electron chi connectivity index (χ4n) is 11.7. The van der Waals surface area contributed by atoms with Crippen molar-refractivity contribution in [2.45, 2.75) is 31.1 Å². The van der Waals surface area contributed by atoms with Gasteiger partial charge >= 0.3 is 0 Å². The molecule has 1 spiro atoms. The van der Waals surface area contributed by atoms with Gasteiger partial charge in [-0.2, -0.15) is 0 Å². The van der Waals surface area contributed by atoms with Crippen LogP contribution in [0, 0.1) is 23.7 Å². The number of nitrogens with zero attached hydrogens (tertiary/aromatic N) is 1. The number of benzene rings is 7. The van der Waals surface area contributed by atoms with Crippen LogP contribution in [0.25, 0.3) is 55.3 Å². The molecule has 4 fully saturated rings. The normalized spacial score (nSPS) is 23.2. The van der Waals surface area contributed by atoms with E-state index in [2.05, 4.69) is 163 Å². The topological polar surface area (TPSA) is 16.4 Å². The molecule has 8 aromatic rings. The fraction of sp³-hybridized carbons (Fsp3) is 0.176. The Bertz CT molecular complexity index is 2700. The van der Waals surface area contributed by atoms with Crippen molar-refractivity contribution in [3.05, 3.63) is 175 Å². The molecule has 53 heavy (non-hydrogen) atoms. The van der Waals surface area contributed by atoms with Crippen molar-refractivity contribution in [3.8, 4) is 33.4 Å².